The molecule has 4 heteroatoms. The first-order valence-corrected chi connectivity index (χ1v) is 5.31. The van der Waals surface area contributed by atoms with Crippen molar-refractivity contribution in [3.05, 3.63) is 34.9 Å². The van der Waals surface area contributed by atoms with E-state index in [2.05, 4.69) is 6.58 Å². The summed E-state index contributed by atoms with van der Waals surface area (Å²) >= 11 is 0. The van der Waals surface area contributed by atoms with Gasteiger partial charge in [-0.15, -0.1) is 6.58 Å². The molecular weight excluding hydrogens is 220 g/mol. The van der Waals surface area contributed by atoms with E-state index in [1.54, 1.807) is 13.2 Å². The topological polar surface area (TPSA) is 55.8 Å². The van der Waals surface area contributed by atoms with E-state index in [0.717, 1.165) is 5.56 Å². The lowest BCUT2D eigenvalue weighted by Crippen LogP contribution is -2.02. The highest BCUT2D eigenvalue weighted by atomic mass is 16.5. The number of rotatable bonds is 3. The third kappa shape index (κ3) is 1.56. The number of cyclic esters (lactones) is 1. The highest BCUT2D eigenvalue weighted by Crippen LogP contribution is 2.41. The predicted octanol–water partition coefficient (Wildman–Crippen LogP) is 2.11. The molecule has 0 radical (unpaired) electrons. The molecule has 0 aliphatic carbocycles. The molecule has 0 spiro atoms. The van der Waals surface area contributed by atoms with E-state index >= 15 is 0 Å². The Morgan fingerprint density at radius 3 is 2.88 bits per heavy atom. The fraction of sp³-hybridized carbons (Fsp3) is 0.308. The fourth-order valence-corrected chi connectivity index (χ4v) is 2.17. The van der Waals surface area contributed by atoms with Crippen molar-refractivity contribution in [3.63, 3.8) is 0 Å². The number of hydrogen-bond acceptors (Lipinski definition) is 4. The molecular formula is C13H14O4. The van der Waals surface area contributed by atoms with Gasteiger partial charge in [0.2, 0.25) is 0 Å². The van der Waals surface area contributed by atoms with E-state index in [-0.39, 0.29) is 17.9 Å². The molecule has 0 saturated heterocycles. The van der Waals surface area contributed by atoms with Crippen LogP contribution in [0.3, 0.4) is 0 Å². The van der Waals surface area contributed by atoms with Gasteiger partial charge in [0.05, 0.1) is 7.11 Å². The van der Waals surface area contributed by atoms with Crippen LogP contribution < -0.4 is 4.74 Å². The first kappa shape index (κ1) is 11.5. The second-order valence-corrected chi connectivity index (χ2v) is 3.91. The monoisotopic (exact) mass is 234 g/mol. The molecule has 0 bridgehead atoms. The number of ether oxygens (including phenoxy) is 2. The molecule has 1 aromatic rings. The number of aromatic hydroxyl groups is 1. The average molecular weight is 234 g/mol. The summed E-state index contributed by atoms with van der Waals surface area (Å²) in [6.45, 7) is 5.68. The van der Waals surface area contributed by atoms with Crippen LogP contribution in [0.25, 0.3) is 0 Å². The van der Waals surface area contributed by atoms with Crippen molar-refractivity contribution in [1.82, 2.24) is 0 Å². The molecule has 1 heterocycles. The molecule has 1 N–H and O–H groups in total. The molecule has 0 unspecified atom stereocenters. The Kier molecular flexibility index (Phi) is 2.79. The molecule has 0 aromatic heterocycles. The zero-order valence-electron chi connectivity index (χ0n) is 9.87. The predicted molar refractivity (Wildman–Crippen MR) is 62.4 cm³/mol. The van der Waals surface area contributed by atoms with E-state index in [9.17, 15) is 9.90 Å². The van der Waals surface area contributed by atoms with Crippen LogP contribution in [0, 0.1) is 6.92 Å². The maximum Gasteiger partial charge on any atom is 0.342 e. The molecule has 1 aliphatic heterocycles. The lowest BCUT2D eigenvalue weighted by molar-refractivity contribution is 0.0533. The lowest BCUT2D eigenvalue weighted by atomic mass is 9.95. The van der Waals surface area contributed by atoms with Crippen LogP contribution in [0.15, 0.2) is 12.7 Å². The second-order valence-electron chi connectivity index (χ2n) is 3.91. The fourth-order valence-electron chi connectivity index (χ4n) is 2.17. The quantitative estimate of drug-likeness (QED) is 0.642. The Labute approximate surface area is 99.5 Å². The number of allylic oxidation sites excluding steroid dienone is 1. The molecule has 90 valence electrons. The summed E-state index contributed by atoms with van der Waals surface area (Å²) in [5.74, 6) is 0.0675. The van der Waals surface area contributed by atoms with Crippen LogP contribution in [0.5, 0.6) is 11.5 Å². The Morgan fingerprint density at radius 1 is 1.59 bits per heavy atom. The minimum Gasteiger partial charge on any atom is -0.507 e. The van der Waals surface area contributed by atoms with Crippen molar-refractivity contribution in [3.8, 4) is 11.5 Å². The van der Waals surface area contributed by atoms with Gasteiger partial charge < -0.3 is 14.6 Å². The van der Waals surface area contributed by atoms with Gasteiger partial charge in [-0.25, -0.2) is 4.79 Å². The molecule has 0 fully saturated rings. The summed E-state index contributed by atoms with van der Waals surface area (Å²) in [6.07, 6.45) is 2.10. The van der Waals surface area contributed by atoms with Gasteiger partial charge in [-0.1, -0.05) is 6.08 Å². The zero-order valence-corrected chi connectivity index (χ0v) is 9.87. The van der Waals surface area contributed by atoms with Gasteiger partial charge in [0.25, 0.3) is 0 Å². The molecule has 0 atom stereocenters. The molecule has 1 aromatic carbocycles. The van der Waals surface area contributed by atoms with Crippen LogP contribution in [-0.2, 0) is 17.8 Å². The van der Waals surface area contributed by atoms with Crippen molar-refractivity contribution in [2.24, 2.45) is 0 Å². The van der Waals surface area contributed by atoms with Gasteiger partial charge in [0, 0.05) is 11.1 Å². The van der Waals surface area contributed by atoms with Crippen molar-refractivity contribution in [2.75, 3.05) is 7.11 Å². The number of phenols is 1. The standard InChI is InChI=1S/C13H14O4/c1-4-5-8-11(14)10-9(6-17-13(10)15)7(2)12(8)16-3/h4,14H,1,5-6H2,2-3H3. The first-order valence-electron chi connectivity index (χ1n) is 5.31. The van der Waals surface area contributed by atoms with E-state index < -0.39 is 5.97 Å². The van der Waals surface area contributed by atoms with Gasteiger partial charge in [-0.3, -0.25) is 0 Å². The summed E-state index contributed by atoms with van der Waals surface area (Å²) in [6, 6.07) is 0. The summed E-state index contributed by atoms with van der Waals surface area (Å²) < 4.78 is 10.2. The third-order valence-corrected chi connectivity index (χ3v) is 3.00. The number of hydrogen-bond donors (Lipinski definition) is 1. The highest BCUT2D eigenvalue weighted by molar-refractivity contribution is 5.98. The number of methoxy groups -OCH3 is 1. The smallest absolute Gasteiger partial charge is 0.342 e. The number of phenolic OH excluding ortho intramolecular Hbond substituents is 1. The van der Waals surface area contributed by atoms with Crippen LogP contribution in [0.1, 0.15) is 27.0 Å². The number of esters is 1. The molecule has 17 heavy (non-hydrogen) atoms. The van der Waals surface area contributed by atoms with Gasteiger partial charge in [-0.05, 0) is 18.9 Å². The van der Waals surface area contributed by atoms with Gasteiger partial charge in [0.15, 0.2) is 0 Å². The Bertz CT molecular complexity index is 503. The average Bonchev–Trinajstić information content (AvgIpc) is 2.69. The Balaban J connectivity index is 2.76. The lowest BCUT2D eigenvalue weighted by Gasteiger charge is -2.15. The Hall–Kier alpha value is -1.97. The summed E-state index contributed by atoms with van der Waals surface area (Å²) in [4.78, 5) is 11.5. The maximum absolute atomic E-state index is 11.5. The second kappa shape index (κ2) is 4.13. The maximum atomic E-state index is 11.5. The van der Waals surface area contributed by atoms with E-state index in [1.807, 2.05) is 6.92 Å². The van der Waals surface area contributed by atoms with Gasteiger partial charge in [0.1, 0.15) is 23.7 Å². The van der Waals surface area contributed by atoms with E-state index in [0.29, 0.717) is 23.3 Å². The number of carbonyl (C=O) groups is 1. The summed E-state index contributed by atoms with van der Waals surface area (Å²) in [5, 5.41) is 10.1. The van der Waals surface area contributed by atoms with Gasteiger partial charge in [-0.2, -0.15) is 0 Å². The zero-order chi connectivity index (χ0) is 12.6. The summed E-state index contributed by atoms with van der Waals surface area (Å²) in [5.41, 5.74) is 2.39. The minimum atomic E-state index is -0.478. The highest BCUT2D eigenvalue weighted by Gasteiger charge is 2.31. The van der Waals surface area contributed by atoms with Crippen LogP contribution in [0.4, 0.5) is 0 Å². The summed E-state index contributed by atoms with van der Waals surface area (Å²) in [7, 11) is 1.54. The van der Waals surface area contributed by atoms with Crippen LogP contribution >= 0.6 is 0 Å². The number of benzene rings is 1. The number of fused-ring (bicyclic) bond motifs is 1. The van der Waals surface area contributed by atoms with Crippen LogP contribution in [-0.4, -0.2) is 18.2 Å². The first-order chi connectivity index (χ1) is 8.11. The molecule has 1 aliphatic rings. The minimum absolute atomic E-state index is 0.0511. The normalized spacial score (nSPS) is 13.2. The third-order valence-electron chi connectivity index (χ3n) is 3.00. The molecule has 0 amide bonds. The van der Waals surface area contributed by atoms with Gasteiger partial charge >= 0.3 is 5.97 Å². The van der Waals surface area contributed by atoms with E-state index in [4.69, 9.17) is 9.47 Å². The van der Waals surface area contributed by atoms with Crippen molar-refractivity contribution >= 4 is 5.97 Å². The molecule has 0 saturated carbocycles. The molecule has 2 rings (SSSR count). The van der Waals surface area contributed by atoms with Crippen molar-refractivity contribution < 1.29 is 19.4 Å². The van der Waals surface area contributed by atoms with Crippen molar-refractivity contribution in [1.29, 1.82) is 0 Å². The largest absolute Gasteiger partial charge is 0.507 e. The SMILES string of the molecule is C=CCc1c(O)c2c(c(C)c1OC)COC2=O. The van der Waals surface area contributed by atoms with Crippen molar-refractivity contribution in [2.45, 2.75) is 20.0 Å². The number of carbonyl (C=O) groups excluding carboxylic acids is 1. The molecule has 4 nitrogen and oxygen atoms in total. The van der Waals surface area contributed by atoms with E-state index in [1.165, 1.54) is 0 Å². The van der Waals surface area contributed by atoms with Crippen LogP contribution in [0.2, 0.25) is 0 Å². The Morgan fingerprint density at radius 2 is 2.29 bits per heavy atom.